The van der Waals surface area contributed by atoms with Gasteiger partial charge in [-0.25, -0.2) is 9.97 Å². The van der Waals surface area contributed by atoms with Gasteiger partial charge in [0.05, 0.1) is 17.1 Å². The Labute approximate surface area is 378 Å². The third-order valence-electron chi connectivity index (χ3n) is 12.5. The van der Waals surface area contributed by atoms with E-state index in [0.717, 1.165) is 83.9 Å². The molecule has 1 aliphatic carbocycles. The number of aromatic nitrogens is 2. The van der Waals surface area contributed by atoms with Crippen molar-refractivity contribution in [2.75, 3.05) is 0 Å². The van der Waals surface area contributed by atoms with Crippen LogP contribution in [0, 0.1) is 0 Å². The molecule has 3 heteroatoms. The van der Waals surface area contributed by atoms with Gasteiger partial charge in [-0.3, -0.25) is 4.99 Å². The standard InChI is InChI=1S/C61H51N3/c1-7-48(42-23-13-10-14-24-42)58(53-31-20-19-29-50(53)43-25-15-11-16-26-43)41(4)59(62-9-3)49(8-2)44-33-35-45(36-34-44)56-40-57(64-60(63-56)46-27-17-12-18-28-46)47-37-38-52-51-30-21-22-32-54(51)61(5,6)55(52)39-47/h7-40H,3H2,1-2,4-6H3/b48-7-,49-8-,58-41-,62-59-. The summed E-state index contributed by atoms with van der Waals surface area (Å²) in [4.78, 5) is 15.4. The van der Waals surface area contributed by atoms with E-state index in [0.29, 0.717) is 5.82 Å². The quantitative estimate of drug-likeness (QED) is 0.0962. The molecule has 0 spiro atoms. The van der Waals surface area contributed by atoms with Crippen molar-refractivity contribution < 1.29 is 0 Å². The van der Waals surface area contributed by atoms with Crippen LogP contribution in [0.5, 0.6) is 0 Å². The molecule has 64 heavy (non-hydrogen) atoms. The van der Waals surface area contributed by atoms with Gasteiger partial charge >= 0.3 is 0 Å². The first-order valence-corrected chi connectivity index (χ1v) is 22.0. The Morgan fingerprint density at radius 3 is 1.69 bits per heavy atom. The zero-order valence-corrected chi connectivity index (χ0v) is 37.2. The predicted octanol–water partition coefficient (Wildman–Crippen LogP) is 16.0. The van der Waals surface area contributed by atoms with Gasteiger partial charge in [-0.05, 0) is 99.7 Å². The number of hydrogen-bond donors (Lipinski definition) is 0. The summed E-state index contributed by atoms with van der Waals surface area (Å²) in [6.45, 7) is 15.1. The second-order valence-electron chi connectivity index (χ2n) is 16.7. The summed E-state index contributed by atoms with van der Waals surface area (Å²) in [5.41, 5.74) is 20.7. The third-order valence-corrected chi connectivity index (χ3v) is 12.5. The average molecular weight is 826 g/mol. The van der Waals surface area contributed by atoms with Crippen molar-refractivity contribution in [3.05, 3.63) is 246 Å². The first kappa shape index (κ1) is 41.6. The van der Waals surface area contributed by atoms with Crippen LogP contribution in [-0.4, -0.2) is 15.7 Å². The molecule has 0 aliphatic heterocycles. The molecule has 1 aromatic heterocycles. The lowest BCUT2D eigenvalue weighted by Gasteiger charge is -2.22. The minimum atomic E-state index is -0.121. The first-order valence-electron chi connectivity index (χ1n) is 22.0. The highest BCUT2D eigenvalue weighted by Crippen LogP contribution is 2.49. The minimum absolute atomic E-state index is 0.121. The average Bonchev–Trinajstić information content (AvgIpc) is 3.58. The van der Waals surface area contributed by atoms with Gasteiger partial charge in [0.2, 0.25) is 0 Å². The summed E-state index contributed by atoms with van der Waals surface area (Å²) < 4.78 is 0. The van der Waals surface area contributed by atoms with Gasteiger partial charge in [-0.15, -0.1) is 0 Å². The Morgan fingerprint density at radius 2 is 1.03 bits per heavy atom. The second-order valence-corrected chi connectivity index (χ2v) is 16.7. The minimum Gasteiger partial charge on any atom is -0.257 e. The van der Waals surface area contributed by atoms with Crippen molar-refractivity contribution in [1.29, 1.82) is 0 Å². The van der Waals surface area contributed by atoms with Gasteiger partial charge in [-0.2, -0.15) is 0 Å². The Kier molecular flexibility index (Phi) is 11.6. The van der Waals surface area contributed by atoms with Crippen molar-refractivity contribution in [2.24, 2.45) is 4.99 Å². The number of benzene rings is 7. The highest BCUT2D eigenvalue weighted by Gasteiger charge is 2.35. The van der Waals surface area contributed by atoms with Crippen LogP contribution in [0.15, 0.2) is 224 Å². The van der Waals surface area contributed by atoms with Gasteiger partial charge in [0.15, 0.2) is 5.82 Å². The maximum Gasteiger partial charge on any atom is 0.160 e. The smallest absolute Gasteiger partial charge is 0.160 e. The van der Waals surface area contributed by atoms with E-state index in [1.165, 1.54) is 22.3 Å². The molecular formula is C61H51N3. The summed E-state index contributed by atoms with van der Waals surface area (Å²) in [6, 6.07) is 66.6. The third kappa shape index (κ3) is 7.82. The summed E-state index contributed by atoms with van der Waals surface area (Å²) in [5, 5.41) is 0. The van der Waals surface area contributed by atoms with E-state index in [9.17, 15) is 0 Å². The van der Waals surface area contributed by atoms with Crippen LogP contribution in [-0.2, 0) is 5.41 Å². The Hall–Kier alpha value is -7.75. The van der Waals surface area contributed by atoms with Gasteiger partial charge in [0.25, 0.3) is 0 Å². The predicted molar refractivity (Wildman–Crippen MR) is 272 cm³/mol. The number of nitrogens with zero attached hydrogens (tertiary/aromatic N) is 3. The Balaban J connectivity index is 1.14. The molecular weight excluding hydrogens is 775 g/mol. The fourth-order valence-corrected chi connectivity index (χ4v) is 9.35. The van der Waals surface area contributed by atoms with Crippen molar-refractivity contribution in [1.82, 2.24) is 9.97 Å². The summed E-state index contributed by atoms with van der Waals surface area (Å²) in [7, 11) is 0. The Bertz CT molecular complexity index is 3130. The fraction of sp³-hybridized carbons (Fsp3) is 0.0984. The molecule has 0 atom stereocenters. The SMILES string of the molecule is C=C/N=C(C(=C/C)\c1ccc(-c2cc(-c3ccc4c(c3)C(C)(C)c3ccccc3-4)nc(-c3ccccc3)n2)cc1)/C(C)=C(/C(=C\C)c1ccccc1)c1ccccc1-c1ccccc1. The highest BCUT2D eigenvalue weighted by molar-refractivity contribution is 6.36. The maximum atomic E-state index is 5.20. The first-order chi connectivity index (χ1) is 31.3. The van der Waals surface area contributed by atoms with E-state index in [-0.39, 0.29) is 5.41 Å². The lowest BCUT2D eigenvalue weighted by molar-refractivity contribution is 0.660. The van der Waals surface area contributed by atoms with Crippen molar-refractivity contribution >= 4 is 22.4 Å². The van der Waals surface area contributed by atoms with E-state index in [2.05, 4.69) is 223 Å². The molecule has 310 valence electrons. The maximum absolute atomic E-state index is 5.20. The number of fused-ring (bicyclic) bond motifs is 3. The highest BCUT2D eigenvalue weighted by atomic mass is 14.9. The molecule has 0 saturated heterocycles. The number of rotatable bonds is 11. The number of aliphatic imine (C=N–C) groups is 1. The van der Waals surface area contributed by atoms with Gasteiger partial charge in [0.1, 0.15) is 0 Å². The fourth-order valence-electron chi connectivity index (χ4n) is 9.35. The van der Waals surface area contributed by atoms with Gasteiger partial charge < -0.3 is 0 Å². The van der Waals surface area contributed by atoms with Crippen LogP contribution in [0.2, 0.25) is 0 Å². The molecule has 1 aliphatic rings. The second kappa shape index (κ2) is 17.9. The molecule has 1 heterocycles. The van der Waals surface area contributed by atoms with Gasteiger partial charge in [0, 0.05) is 33.9 Å². The van der Waals surface area contributed by atoms with E-state index < -0.39 is 0 Å². The molecule has 0 saturated carbocycles. The zero-order valence-electron chi connectivity index (χ0n) is 37.2. The van der Waals surface area contributed by atoms with Crippen LogP contribution < -0.4 is 0 Å². The zero-order chi connectivity index (χ0) is 44.2. The largest absolute Gasteiger partial charge is 0.257 e. The van der Waals surface area contributed by atoms with Crippen LogP contribution in [0.25, 0.3) is 72.9 Å². The molecule has 3 nitrogen and oxygen atoms in total. The van der Waals surface area contributed by atoms with E-state index in [1.54, 1.807) is 6.20 Å². The number of allylic oxidation sites excluding steroid dienone is 6. The van der Waals surface area contributed by atoms with E-state index >= 15 is 0 Å². The summed E-state index contributed by atoms with van der Waals surface area (Å²) >= 11 is 0. The van der Waals surface area contributed by atoms with E-state index in [1.807, 2.05) is 18.2 Å². The van der Waals surface area contributed by atoms with Crippen LogP contribution in [0.3, 0.4) is 0 Å². The topological polar surface area (TPSA) is 38.1 Å². The molecule has 0 radical (unpaired) electrons. The molecule has 9 rings (SSSR count). The molecule has 7 aromatic carbocycles. The van der Waals surface area contributed by atoms with Crippen LogP contribution in [0.1, 0.15) is 62.4 Å². The molecule has 0 fully saturated rings. The monoisotopic (exact) mass is 825 g/mol. The summed E-state index contributed by atoms with van der Waals surface area (Å²) in [5.74, 6) is 0.692. The molecule has 0 amide bonds. The lowest BCUT2D eigenvalue weighted by atomic mass is 9.82. The van der Waals surface area contributed by atoms with Crippen molar-refractivity contribution in [3.8, 4) is 56.2 Å². The van der Waals surface area contributed by atoms with Gasteiger partial charge in [-0.1, -0.05) is 209 Å². The van der Waals surface area contributed by atoms with Crippen LogP contribution in [0.4, 0.5) is 0 Å². The number of hydrogen-bond acceptors (Lipinski definition) is 3. The van der Waals surface area contributed by atoms with E-state index in [4.69, 9.17) is 15.0 Å². The van der Waals surface area contributed by atoms with Crippen molar-refractivity contribution in [2.45, 2.75) is 40.0 Å². The molecule has 8 aromatic rings. The molecule has 0 bridgehead atoms. The summed E-state index contributed by atoms with van der Waals surface area (Å²) in [6.07, 6.45) is 6.03. The molecule has 0 N–H and O–H groups in total. The molecule has 0 unspecified atom stereocenters. The van der Waals surface area contributed by atoms with Crippen LogP contribution >= 0.6 is 0 Å². The normalized spacial score (nSPS) is 13.8. The van der Waals surface area contributed by atoms with Crippen molar-refractivity contribution in [3.63, 3.8) is 0 Å². The Morgan fingerprint density at radius 1 is 0.500 bits per heavy atom. The lowest BCUT2D eigenvalue weighted by Crippen LogP contribution is -2.14.